The number of rotatable bonds is 7. The van der Waals surface area contributed by atoms with E-state index < -0.39 is 66.6 Å². The number of carbonyl (C=O) groups is 2. The zero-order chi connectivity index (χ0) is 18.4. The van der Waals surface area contributed by atoms with Crippen LogP contribution in [-0.2, 0) is 19.1 Å². The smallest absolute Gasteiger partial charge is 0.344 e. The van der Waals surface area contributed by atoms with E-state index in [0.717, 1.165) is 0 Å². The number of carbonyl (C=O) groups excluding carboxylic acids is 2. The summed E-state index contributed by atoms with van der Waals surface area (Å²) in [4.78, 5) is 22.2. The summed E-state index contributed by atoms with van der Waals surface area (Å²) in [6.07, 6.45) is 0. The van der Waals surface area contributed by atoms with Crippen molar-refractivity contribution < 1.29 is 45.8 Å². The first-order valence-electron chi connectivity index (χ1n) is 6.29. The number of hydrogen-bond acceptors (Lipinski definition) is 5. The van der Waals surface area contributed by atoms with Crippen LogP contribution in [0.25, 0.3) is 0 Å². The van der Waals surface area contributed by atoms with Crippen molar-refractivity contribution in [1.29, 1.82) is 0 Å². The van der Waals surface area contributed by atoms with Crippen LogP contribution in [0.4, 0.5) is 22.0 Å². The van der Waals surface area contributed by atoms with Gasteiger partial charge in [-0.1, -0.05) is 6.58 Å². The Labute approximate surface area is 132 Å². The molecule has 0 heterocycles. The van der Waals surface area contributed by atoms with Crippen molar-refractivity contribution in [3.63, 3.8) is 0 Å². The third kappa shape index (κ3) is 4.67. The van der Waals surface area contributed by atoms with Crippen molar-refractivity contribution in [3.8, 4) is 5.75 Å². The Morgan fingerprint density at radius 1 is 0.875 bits per heavy atom. The quantitative estimate of drug-likeness (QED) is 0.188. The summed E-state index contributed by atoms with van der Waals surface area (Å²) in [6, 6.07) is 0. The van der Waals surface area contributed by atoms with Crippen molar-refractivity contribution in [3.05, 3.63) is 41.2 Å². The van der Waals surface area contributed by atoms with Crippen LogP contribution in [0.2, 0.25) is 0 Å². The number of hydrogen-bond donors (Lipinski definition) is 0. The lowest BCUT2D eigenvalue weighted by Gasteiger charge is -2.10. The molecule has 0 spiro atoms. The van der Waals surface area contributed by atoms with E-state index in [2.05, 4.69) is 20.8 Å². The van der Waals surface area contributed by atoms with Gasteiger partial charge in [-0.2, -0.15) is 8.78 Å². The molecule has 0 saturated heterocycles. The summed E-state index contributed by atoms with van der Waals surface area (Å²) >= 11 is 0. The van der Waals surface area contributed by atoms with E-state index in [1.54, 1.807) is 0 Å². The largest absolute Gasteiger partial charge is 0.484 e. The highest BCUT2D eigenvalue weighted by Crippen LogP contribution is 2.28. The molecule has 0 atom stereocenters. The molecular weight excluding hydrogens is 343 g/mol. The predicted octanol–water partition coefficient (Wildman–Crippen LogP) is 2.42. The maximum Gasteiger partial charge on any atom is 0.344 e. The Morgan fingerprint density at radius 3 is 1.88 bits per heavy atom. The maximum atomic E-state index is 13.3. The molecule has 1 rings (SSSR count). The highest BCUT2D eigenvalue weighted by atomic mass is 19.2. The lowest BCUT2D eigenvalue weighted by atomic mass is 10.2. The van der Waals surface area contributed by atoms with Crippen LogP contribution >= 0.6 is 0 Å². The molecule has 0 fully saturated rings. The molecule has 1 aromatic carbocycles. The molecule has 0 radical (unpaired) electrons. The van der Waals surface area contributed by atoms with Crippen LogP contribution in [-0.4, -0.2) is 31.8 Å². The third-order valence-corrected chi connectivity index (χ3v) is 2.43. The van der Waals surface area contributed by atoms with Gasteiger partial charge in [0.2, 0.25) is 29.1 Å². The summed E-state index contributed by atoms with van der Waals surface area (Å²) in [5, 5.41) is 0. The van der Waals surface area contributed by atoms with Crippen LogP contribution in [0.3, 0.4) is 0 Å². The molecule has 5 nitrogen and oxygen atoms in total. The first kappa shape index (κ1) is 19.4. The minimum absolute atomic E-state index is 0.0532. The van der Waals surface area contributed by atoms with Gasteiger partial charge in [-0.3, -0.25) is 0 Å². The van der Waals surface area contributed by atoms with Crippen LogP contribution < -0.4 is 4.74 Å². The predicted molar refractivity (Wildman–Crippen MR) is 68.5 cm³/mol. The molecule has 24 heavy (non-hydrogen) atoms. The number of benzene rings is 1. The molecule has 0 aromatic heterocycles. The van der Waals surface area contributed by atoms with Gasteiger partial charge in [-0.15, -0.1) is 0 Å². The van der Waals surface area contributed by atoms with Crippen LogP contribution in [0, 0.1) is 29.1 Å². The molecule has 0 aliphatic rings. The first-order valence-corrected chi connectivity index (χ1v) is 6.29. The SMILES string of the molecule is C=C(C)C(=O)OCC(=O)OCCOc1c(F)c(F)c(F)c(F)c1F. The van der Waals surface area contributed by atoms with E-state index in [0.29, 0.717) is 0 Å². The topological polar surface area (TPSA) is 61.8 Å². The standard InChI is InChI=1S/C14H11F5O5/c1-6(2)14(21)24-5-7(20)22-3-4-23-13-11(18)9(16)8(15)10(17)12(13)19/h1,3-5H2,2H3. The fourth-order valence-corrected chi connectivity index (χ4v) is 1.30. The highest BCUT2D eigenvalue weighted by Gasteiger charge is 2.27. The monoisotopic (exact) mass is 354 g/mol. The van der Waals surface area contributed by atoms with Gasteiger partial charge in [0.1, 0.15) is 13.2 Å². The van der Waals surface area contributed by atoms with E-state index in [1.807, 2.05) is 0 Å². The van der Waals surface area contributed by atoms with E-state index in [-0.39, 0.29) is 5.57 Å². The first-order chi connectivity index (χ1) is 11.2. The fourth-order valence-electron chi connectivity index (χ4n) is 1.30. The van der Waals surface area contributed by atoms with E-state index in [1.165, 1.54) is 6.92 Å². The van der Waals surface area contributed by atoms with E-state index in [4.69, 9.17) is 0 Å². The molecule has 132 valence electrons. The second kappa shape index (κ2) is 8.27. The number of ether oxygens (including phenoxy) is 3. The summed E-state index contributed by atoms with van der Waals surface area (Å²) < 4.78 is 78.4. The Hall–Kier alpha value is -2.65. The molecule has 0 saturated carbocycles. The Balaban J connectivity index is 2.50. The number of esters is 2. The van der Waals surface area contributed by atoms with Gasteiger partial charge in [0.05, 0.1) is 0 Å². The normalized spacial score (nSPS) is 10.2. The fraction of sp³-hybridized carbons (Fsp3) is 0.286. The zero-order valence-electron chi connectivity index (χ0n) is 12.3. The minimum atomic E-state index is -2.32. The minimum Gasteiger partial charge on any atom is -0.484 e. The molecule has 10 heteroatoms. The van der Waals surface area contributed by atoms with Crippen molar-refractivity contribution in [1.82, 2.24) is 0 Å². The molecular formula is C14H11F5O5. The summed E-state index contributed by atoms with van der Waals surface area (Å²) in [5.41, 5.74) is 0.0532. The maximum absolute atomic E-state index is 13.3. The second-order valence-electron chi connectivity index (χ2n) is 4.32. The lowest BCUT2D eigenvalue weighted by Crippen LogP contribution is -2.20. The van der Waals surface area contributed by atoms with Crippen LogP contribution in [0.15, 0.2) is 12.2 Å². The summed E-state index contributed by atoms with van der Waals surface area (Å²) in [5.74, 6) is -14.3. The molecule has 0 aliphatic carbocycles. The molecule has 0 aliphatic heterocycles. The molecule has 0 unspecified atom stereocenters. The van der Waals surface area contributed by atoms with Crippen molar-refractivity contribution >= 4 is 11.9 Å². The third-order valence-electron chi connectivity index (χ3n) is 2.43. The van der Waals surface area contributed by atoms with E-state index >= 15 is 0 Å². The molecule has 0 N–H and O–H groups in total. The van der Waals surface area contributed by atoms with Gasteiger partial charge >= 0.3 is 11.9 Å². The average molecular weight is 354 g/mol. The summed E-state index contributed by atoms with van der Waals surface area (Å²) in [6.45, 7) is 2.61. The average Bonchev–Trinajstić information content (AvgIpc) is 2.55. The van der Waals surface area contributed by atoms with Crippen molar-refractivity contribution in [2.45, 2.75) is 6.92 Å². The molecule has 0 amide bonds. The highest BCUT2D eigenvalue weighted by molar-refractivity contribution is 5.88. The Kier molecular flexibility index (Phi) is 6.69. The number of halogens is 5. The molecule has 0 bridgehead atoms. The lowest BCUT2D eigenvalue weighted by molar-refractivity contribution is -0.157. The second-order valence-corrected chi connectivity index (χ2v) is 4.32. The van der Waals surface area contributed by atoms with E-state index in [9.17, 15) is 31.5 Å². The van der Waals surface area contributed by atoms with Gasteiger partial charge in [0.15, 0.2) is 12.4 Å². The summed E-state index contributed by atoms with van der Waals surface area (Å²) in [7, 11) is 0. The van der Waals surface area contributed by atoms with Gasteiger partial charge < -0.3 is 14.2 Å². The van der Waals surface area contributed by atoms with Gasteiger partial charge in [-0.05, 0) is 6.92 Å². The Bertz CT molecular complexity index is 645. The van der Waals surface area contributed by atoms with Gasteiger partial charge in [-0.25, -0.2) is 22.8 Å². The van der Waals surface area contributed by atoms with Crippen LogP contribution in [0.5, 0.6) is 5.75 Å². The van der Waals surface area contributed by atoms with Crippen molar-refractivity contribution in [2.24, 2.45) is 0 Å². The zero-order valence-corrected chi connectivity index (χ0v) is 12.3. The van der Waals surface area contributed by atoms with Crippen molar-refractivity contribution in [2.75, 3.05) is 19.8 Å². The van der Waals surface area contributed by atoms with Gasteiger partial charge in [0, 0.05) is 5.57 Å². The van der Waals surface area contributed by atoms with Gasteiger partial charge in [0.25, 0.3) is 0 Å². The van der Waals surface area contributed by atoms with Crippen LogP contribution in [0.1, 0.15) is 6.92 Å². The molecule has 1 aromatic rings. The Morgan fingerprint density at radius 2 is 1.38 bits per heavy atom.